The molecule has 0 heterocycles. The third kappa shape index (κ3) is 4.20. The Morgan fingerprint density at radius 2 is 2.18 bits per heavy atom. The van der Waals surface area contributed by atoms with Gasteiger partial charge >= 0.3 is 0 Å². The molecule has 1 unspecified atom stereocenters. The predicted molar refractivity (Wildman–Crippen MR) is 48.9 cm³/mol. The van der Waals surface area contributed by atoms with Crippen molar-refractivity contribution in [3.05, 3.63) is 11.6 Å². The second-order valence-electron chi connectivity index (χ2n) is 2.79. The first-order valence-electron chi connectivity index (χ1n) is 3.89. The first-order chi connectivity index (χ1) is 5.11. The van der Waals surface area contributed by atoms with Crippen molar-refractivity contribution in [2.45, 2.75) is 27.2 Å². The van der Waals surface area contributed by atoms with Crippen LogP contribution in [0.15, 0.2) is 11.6 Å². The standard InChI is InChI=1S/C9H15ClO/c1-4-7(2)5-8(3)9(11)6-10/h5,7H,4,6H2,1-3H3/b8-5-. The van der Waals surface area contributed by atoms with E-state index in [1.165, 1.54) is 0 Å². The molecule has 0 saturated carbocycles. The molecule has 0 spiro atoms. The summed E-state index contributed by atoms with van der Waals surface area (Å²) >= 11 is 5.38. The molecular weight excluding hydrogens is 160 g/mol. The number of hydrogen-bond donors (Lipinski definition) is 0. The van der Waals surface area contributed by atoms with Crippen molar-refractivity contribution in [2.75, 3.05) is 5.88 Å². The molecule has 0 fully saturated rings. The Kier molecular flexibility index (Phi) is 5.22. The fraction of sp³-hybridized carbons (Fsp3) is 0.667. The van der Waals surface area contributed by atoms with Crippen LogP contribution in [0.2, 0.25) is 0 Å². The summed E-state index contributed by atoms with van der Waals surface area (Å²) in [6.45, 7) is 6.00. The average Bonchev–Trinajstić information content (AvgIpc) is 2.02. The summed E-state index contributed by atoms with van der Waals surface area (Å²) in [4.78, 5) is 11.0. The molecule has 0 aromatic carbocycles. The zero-order valence-corrected chi connectivity index (χ0v) is 8.11. The van der Waals surface area contributed by atoms with E-state index in [1.807, 2.05) is 13.0 Å². The van der Waals surface area contributed by atoms with Crippen LogP contribution >= 0.6 is 11.6 Å². The number of carbonyl (C=O) groups excluding carboxylic acids is 1. The third-order valence-corrected chi connectivity index (χ3v) is 1.98. The molecule has 2 heteroatoms. The number of alkyl halides is 1. The Morgan fingerprint density at radius 3 is 2.55 bits per heavy atom. The number of hydrogen-bond acceptors (Lipinski definition) is 1. The highest BCUT2D eigenvalue weighted by molar-refractivity contribution is 6.30. The second-order valence-corrected chi connectivity index (χ2v) is 3.06. The normalized spacial score (nSPS) is 14.7. The van der Waals surface area contributed by atoms with Gasteiger partial charge in [-0.1, -0.05) is 26.3 Å². The predicted octanol–water partition coefficient (Wildman–Crippen LogP) is 2.79. The van der Waals surface area contributed by atoms with Gasteiger partial charge < -0.3 is 0 Å². The van der Waals surface area contributed by atoms with Gasteiger partial charge in [-0.05, 0) is 18.4 Å². The quantitative estimate of drug-likeness (QED) is 0.473. The topological polar surface area (TPSA) is 17.1 Å². The highest BCUT2D eigenvalue weighted by atomic mass is 35.5. The van der Waals surface area contributed by atoms with Gasteiger partial charge in [0.25, 0.3) is 0 Å². The van der Waals surface area contributed by atoms with E-state index in [0.29, 0.717) is 5.92 Å². The van der Waals surface area contributed by atoms with Crippen LogP contribution in [0.25, 0.3) is 0 Å². The SMILES string of the molecule is CCC(C)/C=C(/C)C(=O)CCl. The lowest BCUT2D eigenvalue weighted by atomic mass is 10.0. The number of halogens is 1. The van der Waals surface area contributed by atoms with Gasteiger partial charge in [0, 0.05) is 0 Å². The number of ketones is 1. The maximum absolute atomic E-state index is 11.0. The molecule has 0 aliphatic carbocycles. The Balaban J connectivity index is 4.09. The molecule has 0 amide bonds. The summed E-state index contributed by atoms with van der Waals surface area (Å²) in [5.74, 6) is 0.604. The van der Waals surface area contributed by atoms with Gasteiger partial charge in [0.2, 0.25) is 0 Å². The lowest BCUT2D eigenvalue weighted by Gasteiger charge is -2.02. The van der Waals surface area contributed by atoms with E-state index in [1.54, 1.807) is 0 Å². The minimum Gasteiger partial charge on any atom is -0.293 e. The molecule has 0 aliphatic rings. The van der Waals surface area contributed by atoms with Crippen LogP contribution in [-0.4, -0.2) is 11.7 Å². The molecule has 0 aromatic rings. The van der Waals surface area contributed by atoms with Crippen LogP contribution in [-0.2, 0) is 4.79 Å². The average molecular weight is 175 g/mol. The van der Waals surface area contributed by atoms with Crippen LogP contribution in [0.3, 0.4) is 0 Å². The van der Waals surface area contributed by atoms with Crippen molar-refractivity contribution in [3.8, 4) is 0 Å². The lowest BCUT2D eigenvalue weighted by Crippen LogP contribution is -2.02. The van der Waals surface area contributed by atoms with Gasteiger partial charge in [-0.25, -0.2) is 0 Å². The van der Waals surface area contributed by atoms with Crippen LogP contribution in [0.5, 0.6) is 0 Å². The molecule has 0 radical (unpaired) electrons. The molecule has 0 aromatic heterocycles. The van der Waals surface area contributed by atoms with Crippen molar-refractivity contribution in [3.63, 3.8) is 0 Å². The summed E-state index contributed by atoms with van der Waals surface area (Å²) in [5.41, 5.74) is 0.786. The van der Waals surface area contributed by atoms with Crippen molar-refractivity contribution in [2.24, 2.45) is 5.92 Å². The highest BCUT2D eigenvalue weighted by Gasteiger charge is 2.03. The number of rotatable bonds is 4. The zero-order valence-electron chi connectivity index (χ0n) is 7.36. The number of allylic oxidation sites excluding steroid dienone is 2. The highest BCUT2D eigenvalue weighted by Crippen LogP contribution is 2.07. The van der Waals surface area contributed by atoms with Crippen LogP contribution < -0.4 is 0 Å². The summed E-state index contributed by atoms with van der Waals surface area (Å²) in [6.07, 6.45) is 3.04. The van der Waals surface area contributed by atoms with Crippen LogP contribution in [0.4, 0.5) is 0 Å². The summed E-state index contributed by atoms with van der Waals surface area (Å²) < 4.78 is 0. The Bertz CT molecular complexity index is 161. The summed E-state index contributed by atoms with van der Waals surface area (Å²) in [7, 11) is 0. The van der Waals surface area contributed by atoms with Crippen molar-refractivity contribution in [1.82, 2.24) is 0 Å². The van der Waals surface area contributed by atoms with E-state index in [0.717, 1.165) is 12.0 Å². The van der Waals surface area contributed by atoms with Crippen LogP contribution in [0.1, 0.15) is 27.2 Å². The molecule has 11 heavy (non-hydrogen) atoms. The maximum atomic E-state index is 11.0. The minimum atomic E-state index is 0.0342. The molecular formula is C9H15ClO. The van der Waals surface area contributed by atoms with E-state index in [4.69, 9.17) is 11.6 Å². The third-order valence-electron chi connectivity index (χ3n) is 1.74. The van der Waals surface area contributed by atoms with Gasteiger partial charge in [0.1, 0.15) is 0 Å². The maximum Gasteiger partial charge on any atom is 0.172 e. The minimum absolute atomic E-state index is 0.0342. The van der Waals surface area contributed by atoms with E-state index < -0.39 is 0 Å². The zero-order chi connectivity index (χ0) is 8.85. The molecule has 0 rings (SSSR count). The monoisotopic (exact) mass is 174 g/mol. The van der Waals surface area contributed by atoms with E-state index >= 15 is 0 Å². The Morgan fingerprint density at radius 1 is 1.64 bits per heavy atom. The van der Waals surface area contributed by atoms with E-state index in [9.17, 15) is 4.79 Å². The van der Waals surface area contributed by atoms with Gasteiger partial charge in [-0.3, -0.25) is 4.79 Å². The van der Waals surface area contributed by atoms with Crippen LogP contribution in [0, 0.1) is 5.92 Å². The molecule has 64 valence electrons. The van der Waals surface area contributed by atoms with Gasteiger partial charge in [-0.2, -0.15) is 0 Å². The first-order valence-corrected chi connectivity index (χ1v) is 4.42. The summed E-state index contributed by atoms with van der Waals surface area (Å²) in [5, 5.41) is 0. The molecule has 0 aliphatic heterocycles. The fourth-order valence-electron chi connectivity index (χ4n) is 0.743. The molecule has 1 nitrogen and oxygen atoms in total. The van der Waals surface area contributed by atoms with E-state index in [2.05, 4.69) is 13.8 Å². The molecule has 1 atom stereocenters. The van der Waals surface area contributed by atoms with Crippen molar-refractivity contribution in [1.29, 1.82) is 0 Å². The fourth-order valence-corrected chi connectivity index (χ4v) is 0.954. The Labute approximate surface area is 73.4 Å². The second kappa shape index (κ2) is 5.36. The first kappa shape index (κ1) is 10.7. The van der Waals surface area contributed by atoms with E-state index in [-0.39, 0.29) is 11.7 Å². The van der Waals surface area contributed by atoms with Crippen molar-refractivity contribution < 1.29 is 4.79 Å². The van der Waals surface area contributed by atoms with Gasteiger partial charge in [0.05, 0.1) is 5.88 Å². The largest absolute Gasteiger partial charge is 0.293 e. The molecule has 0 bridgehead atoms. The molecule has 0 N–H and O–H groups in total. The smallest absolute Gasteiger partial charge is 0.172 e. The van der Waals surface area contributed by atoms with Crippen molar-refractivity contribution >= 4 is 17.4 Å². The molecule has 0 saturated heterocycles. The Hall–Kier alpha value is -0.300. The summed E-state index contributed by atoms with van der Waals surface area (Å²) in [6, 6.07) is 0. The van der Waals surface area contributed by atoms with Gasteiger partial charge in [-0.15, -0.1) is 11.6 Å². The van der Waals surface area contributed by atoms with Gasteiger partial charge in [0.15, 0.2) is 5.78 Å². The lowest BCUT2D eigenvalue weighted by molar-refractivity contribution is -0.113. The number of carbonyl (C=O) groups is 1. The number of Topliss-reactive ketones (excluding diaryl/α,β-unsaturated/α-hetero) is 1.